The van der Waals surface area contributed by atoms with E-state index in [1.54, 1.807) is 11.9 Å². The topological polar surface area (TPSA) is 46.6 Å². The molecular formula is C15H19NO3. The van der Waals surface area contributed by atoms with E-state index in [4.69, 9.17) is 4.74 Å². The molecule has 1 aliphatic heterocycles. The predicted octanol–water partition coefficient (Wildman–Crippen LogP) is 2.10. The second-order valence-corrected chi connectivity index (χ2v) is 5.43. The smallest absolute Gasteiger partial charge is 0.306 e. The maximum atomic E-state index is 12.5. The van der Waals surface area contributed by atoms with E-state index in [0.29, 0.717) is 0 Å². The molecule has 1 heterocycles. The normalized spacial score (nSPS) is 21.5. The van der Waals surface area contributed by atoms with Gasteiger partial charge in [0.15, 0.2) is 0 Å². The largest absolute Gasteiger partial charge is 0.469 e. The van der Waals surface area contributed by atoms with E-state index in [1.165, 1.54) is 7.11 Å². The molecule has 0 aromatic heterocycles. The highest BCUT2D eigenvalue weighted by Crippen LogP contribution is 2.45. The first-order valence-electron chi connectivity index (χ1n) is 6.28. The maximum Gasteiger partial charge on any atom is 0.306 e. The number of carbonyl (C=O) groups excluding carboxylic acids is 2. The molecule has 0 saturated heterocycles. The number of carbonyl (C=O) groups is 2. The van der Waals surface area contributed by atoms with Crippen LogP contribution in [0.25, 0.3) is 0 Å². The Labute approximate surface area is 113 Å². The lowest BCUT2D eigenvalue weighted by Gasteiger charge is -2.23. The molecular weight excluding hydrogens is 242 g/mol. The summed E-state index contributed by atoms with van der Waals surface area (Å²) in [5.41, 5.74) is 3.16. The van der Waals surface area contributed by atoms with Crippen LogP contribution in [0.4, 0.5) is 5.69 Å². The molecule has 0 N–H and O–H groups in total. The number of rotatable bonds is 2. The van der Waals surface area contributed by atoms with Crippen LogP contribution in [0.1, 0.15) is 30.0 Å². The summed E-state index contributed by atoms with van der Waals surface area (Å²) in [5.74, 6) is -0.418. The standard InChI is InChI=1S/C15H19NO3/c1-9-6-10(2)13-11(7-9)16(4)14(18)15(13,3)8-12(17)19-5/h6-7H,8H2,1-5H3. The third kappa shape index (κ3) is 1.91. The predicted molar refractivity (Wildman–Crippen MR) is 73.3 cm³/mol. The van der Waals surface area contributed by atoms with Gasteiger partial charge >= 0.3 is 5.97 Å². The minimum atomic E-state index is -0.824. The monoisotopic (exact) mass is 261 g/mol. The number of methoxy groups -OCH3 is 1. The lowest BCUT2D eigenvalue weighted by molar-refractivity contribution is -0.144. The molecule has 1 aromatic rings. The van der Waals surface area contributed by atoms with Crippen LogP contribution in [0.3, 0.4) is 0 Å². The van der Waals surface area contributed by atoms with E-state index < -0.39 is 5.41 Å². The van der Waals surface area contributed by atoms with Gasteiger partial charge in [0.25, 0.3) is 0 Å². The molecule has 1 unspecified atom stereocenters. The van der Waals surface area contributed by atoms with Crippen LogP contribution in [-0.2, 0) is 19.7 Å². The number of benzene rings is 1. The van der Waals surface area contributed by atoms with Crippen molar-refractivity contribution in [2.45, 2.75) is 32.6 Å². The lowest BCUT2D eigenvalue weighted by atomic mass is 9.78. The number of anilines is 1. The van der Waals surface area contributed by atoms with Crippen LogP contribution < -0.4 is 4.90 Å². The van der Waals surface area contributed by atoms with Crippen LogP contribution in [0.2, 0.25) is 0 Å². The summed E-state index contributed by atoms with van der Waals surface area (Å²) in [7, 11) is 3.10. The van der Waals surface area contributed by atoms with Crippen molar-refractivity contribution in [1.82, 2.24) is 0 Å². The summed E-state index contributed by atoms with van der Waals surface area (Å²) in [6, 6.07) is 4.03. The Kier molecular flexibility index (Phi) is 3.12. The fraction of sp³-hybridized carbons (Fsp3) is 0.467. The van der Waals surface area contributed by atoms with Gasteiger partial charge < -0.3 is 9.64 Å². The molecule has 0 spiro atoms. The number of esters is 1. The number of ether oxygens (including phenoxy) is 1. The molecule has 0 fully saturated rings. The number of likely N-dealkylation sites (N-methyl/N-ethyl adjacent to an activating group) is 1. The number of amides is 1. The van der Waals surface area contributed by atoms with Crippen molar-refractivity contribution in [3.8, 4) is 0 Å². The minimum absolute atomic E-state index is 0.0541. The van der Waals surface area contributed by atoms with Crippen molar-refractivity contribution < 1.29 is 14.3 Å². The molecule has 2 rings (SSSR count). The van der Waals surface area contributed by atoms with Gasteiger partial charge in [0.05, 0.1) is 18.9 Å². The van der Waals surface area contributed by atoms with Gasteiger partial charge in [-0.3, -0.25) is 9.59 Å². The van der Waals surface area contributed by atoms with E-state index in [0.717, 1.165) is 22.4 Å². The van der Waals surface area contributed by atoms with Crippen LogP contribution in [0.15, 0.2) is 12.1 Å². The van der Waals surface area contributed by atoms with Gasteiger partial charge in [0.1, 0.15) is 0 Å². The maximum absolute atomic E-state index is 12.5. The Morgan fingerprint density at radius 3 is 2.58 bits per heavy atom. The van der Waals surface area contributed by atoms with E-state index in [9.17, 15) is 9.59 Å². The molecule has 1 aliphatic rings. The molecule has 4 nitrogen and oxygen atoms in total. The summed E-state index contributed by atoms with van der Waals surface area (Å²) < 4.78 is 4.73. The zero-order valence-electron chi connectivity index (χ0n) is 12.0. The third-order valence-corrected chi connectivity index (χ3v) is 3.87. The van der Waals surface area contributed by atoms with Gasteiger partial charge in [-0.15, -0.1) is 0 Å². The third-order valence-electron chi connectivity index (χ3n) is 3.87. The number of aryl methyl sites for hydroxylation is 2. The average molecular weight is 261 g/mol. The minimum Gasteiger partial charge on any atom is -0.469 e. The zero-order valence-corrected chi connectivity index (χ0v) is 12.0. The van der Waals surface area contributed by atoms with Crippen LogP contribution in [-0.4, -0.2) is 26.0 Å². The molecule has 102 valence electrons. The average Bonchev–Trinajstić information content (AvgIpc) is 2.51. The van der Waals surface area contributed by atoms with E-state index in [1.807, 2.05) is 32.9 Å². The molecule has 0 bridgehead atoms. The van der Waals surface area contributed by atoms with E-state index >= 15 is 0 Å². The Hall–Kier alpha value is -1.84. The fourth-order valence-corrected chi connectivity index (χ4v) is 3.04. The summed E-state index contributed by atoms with van der Waals surface area (Å²) in [5, 5.41) is 0. The van der Waals surface area contributed by atoms with Crippen molar-refractivity contribution in [3.63, 3.8) is 0 Å². The van der Waals surface area contributed by atoms with Crippen molar-refractivity contribution in [2.24, 2.45) is 0 Å². The molecule has 0 aliphatic carbocycles. The van der Waals surface area contributed by atoms with E-state index in [2.05, 4.69) is 0 Å². The number of hydrogen-bond donors (Lipinski definition) is 0. The van der Waals surface area contributed by atoms with Crippen LogP contribution >= 0.6 is 0 Å². The second kappa shape index (κ2) is 4.37. The van der Waals surface area contributed by atoms with Crippen LogP contribution in [0, 0.1) is 13.8 Å². The molecule has 1 aromatic carbocycles. The molecule has 4 heteroatoms. The lowest BCUT2D eigenvalue weighted by Crippen LogP contribution is -2.38. The van der Waals surface area contributed by atoms with Crippen molar-refractivity contribution in [1.29, 1.82) is 0 Å². The van der Waals surface area contributed by atoms with Gasteiger partial charge in [-0.2, -0.15) is 0 Å². The highest BCUT2D eigenvalue weighted by atomic mass is 16.5. The Balaban J connectivity index is 2.61. The first-order valence-corrected chi connectivity index (χ1v) is 6.28. The van der Waals surface area contributed by atoms with Crippen molar-refractivity contribution in [2.75, 3.05) is 19.1 Å². The molecule has 0 saturated carbocycles. The second-order valence-electron chi connectivity index (χ2n) is 5.43. The highest BCUT2D eigenvalue weighted by Gasteiger charge is 2.48. The zero-order chi connectivity index (χ0) is 14.4. The fourth-order valence-electron chi connectivity index (χ4n) is 3.04. The number of nitrogens with zero attached hydrogens (tertiary/aromatic N) is 1. The SMILES string of the molecule is COC(=O)CC1(C)C(=O)N(C)c2cc(C)cc(C)c21. The number of fused-ring (bicyclic) bond motifs is 1. The van der Waals surface area contributed by atoms with Gasteiger partial charge in [-0.05, 0) is 43.5 Å². The number of hydrogen-bond acceptors (Lipinski definition) is 3. The first-order chi connectivity index (χ1) is 8.81. The van der Waals surface area contributed by atoms with Gasteiger partial charge in [-0.1, -0.05) is 6.07 Å². The quantitative estimate of drug-likeness (QED) is 0.766. The Bertz CT molecular complexity index is 565. The van der Waals surface area contributed by atoms with Crippen LogP contribution in [0.5, 0.6) is 0 Å². The van der Waals surface area contributed by atoms with Crippen molar-refractivity contribution in [3.05, 3.63) is 28.8 Å². The Morgan fingerprint density at radius 2 is 2.00 bits per heavy atom. The summed E-state index contributed by atoms with van der Waals surface area (Å²) in [6.07, 6.45) is 0.0730. The van der Waals surface area contributed by atoms with Gasteiger partial charge in [-0.25, -0.2) is 0 Å². The van der Waals surface area contributed by atoms with Gasteiger partial charge in [0.2, 0.25) is 5.91 Å². The highest BCUT2D eigenvalue weighted by molar-refractivity contribution is 6.09. The van der Waals surface area contributed by atoms with Gasteiger partial charge in [0, 0.05) is 12.7 Å². The first kappa shape index (κ1) is 13.6. The summed E-state index contributed by atoms with van der Waals surface area (Å²) in [4.78, 5) is 25.8. The molecule has 19 heavy (non-hydrogen) atoms. The molecule has 0 radical (unpaired) electrons. The summed E-state index contributed by atoms with van der Waals surface area (Å²) in [6.45, 7) is 5.80. The summed E-state index contributed by atoms with van der Waals surface area (Å²) >= 11 is 0. The van der Waals surface area contributed by atoms with E-state index in [-0.39, 0.29) is 18.3 Å². The molecule has 1 atom stereocenters. The van der Waals surface area contributed by atoms with Crippen molar-refractivity contribution >= 4 is 17.6 Å². The molecule has 1 amide bonds. The Morgan fingerprint density at radius 1 is 1.37 bits per heavy atom.